The van der Waals surface area contributed by atoms with Gasteiger partial charge in [-0.3, -0.25) is 0 Å². The van der Waals surface area contributed by atoms with Crippen LogP contribution in [0.4, 0.5) is 9.52 Å². The molecule has 3 heterocycles. The number of nitrogen functional groups attached to an aromatic ring is 1. The fraction of sp³-hybridized carbons (Fsp3) is 0.333. The normalized spacial score (nSPS) is 15.6. The van der Waals surface area contributed by atoms with Gasteiger partial charge in [0.15, 0.2) is 5.13 Å². The number of thiazole rings is 1. The number of nitrogens with zero attached hydrogens (tertiary/aromatic N) is 2. The highest BCUT2D eigenvalue weighted by molar-refractivity contribution is 7.22. The third kappa shape index (κ3) is 6.14. The molecule has 0 amide bonds. The summed E-state index contributed by atoms with van der Waals surface area (Å²) in [5.41, 5.74) is 13.5. The number of ether oxygens (including phenoxy) is 1. The number of hydrogen-bond acceptors (Lipinski definition) is 6. The van der Waals surface area contributed by atoms with E-state index in [1.165, 1.54) is 36.3 Å². The highest BCUT2D eigenvalue weighted by Gasteiger charge is 2.26. The molecule has 0 bridgehead atoms. The van der Waals surface area contributed by atoms with Gasteiger partial charge in [0.1, 0.15) is 17.3 Å². The van der Waals surface area contributed by atoms with E-state index in [0.29, 0.717) is 24.2 Å². The Morgan fingerprint density at radius 1 is 1.16 bits per heavy atom. The Kier molecular flexibility index (Phi) is 8.33. The van der Waals surface area contributed by atoms with Gasteiger partial charge >= 0.3 is 0 Å². The first-order valence-electron chi connectivity index (χ1n) is 12.8. The van der Waals surface area contributed by atoms with Crippen LogP contribution in [0.2, 0.25) is 0 Å². The first kappa shape index (κ1) is 27.5. The Balaban J connectivity index is 0.000000616. The van der Waals surface area contributed by atoms with E-state index < -0.39 is 0 Å². The van der Waals surface area contributed by atoms with Gasteiger partial charge in [0.05, 0.1) is 16.8 Å². The summed E-state index contributed by atoms with van der Waals surface area (Å²) >= 11 is 1.48. The highest BCUT2D eigenvalue weighted by Crippen LogP contribution is 2.41. The van der Waals surface area contributed by atoms with Gasteiger partial charge < -0.3 is 21.3 Å². The zero-order valence-corrected chi connectivity index (χ0v) is 22.9. The Labute approximate surface area is 227 Å². The number of hydrogen-bond donors (Lipinski definition) is 2. The molecule has 8 heteroatoms. The van der Waals surface area contributed by atoms with Crippen molar-refractivity contribution in [3.05, 3.63) is 77.2 Å². The number of rotatable bonds is 6. The number of halogens is 1. The molecule has 38 heavy (non-hydrogen) atoms. The predicted octanol–water partition coefficient (Wildman–Crippen LogP) is 6.28. The van der Waals surface area contributed by atoms with Crippen molar-refractivity contribution < 1.29 is 14.6 Å². The molecular formula is C30H35FN4O2S. The molecule has 2 aliphatic rings. The second-order valence-electron chi connectivity index (χ2n) is 10.1. The van der Waals surface area contributed by atoms with Crippen molar-refractivity contribution in [2.45, 2.75) is 46.0 Å². The topological polar surface area (TPSA) is 105 Å². The Hall–Kier alpha value is -3.49. The summed E-state index contributed by atoms with van der Waals surface area (Å²) in [6, 6.07) is 12.7. The maximum atomic E-state index is 13.4. The maximum absolute atomic E-state index is 13.4. The number of nitrogens with one attached hydrogen (secondary N) is 1. The monoisotopic (exact) mass is 534 g/mol. The van der Waals surface area contributed by atoms with Crippen LogP contribution in [0.15, 0.2) is 49.0 Å². The standard InChI is InChI=1S/C26H25FN4OS.C4H8.H2O/c1-14-10-18(11-22-23(14)31-26(28)33-22)16(3)29-9-8-20-12-21-15(2)13-32-25(21)24(30-20)17-4-6-19(27)7-5-17;1-4-2-3-4;/h4-7,10-12,15,29H,3,8-9,13H2,1-2H3,(H2,28,31);4H,2-3H2,1H3;1H2. The molecule has 1 aliphatic heterocycles. The van der Waals surface area contributed by atoms with Gasteiger partial charge in [-0.25, -0.2) is 14.4 Å². The molecule has 2 aromatic heterocycles. The first-order chi connectivity index (χ1) is 17.8. The van der Waals surface area contributed by atoms with Crippen LogP contribution in [-0.2, 0) is 6.42 Å². The van der Waals surface area contributed by atoms with Crippen LogP contribution in [0.1, 0.15) is 55.0 Å². The van der Waals surface area contributed by atoms with Crippen LogP contribution >= 0.6 is 11.3 Å². The van der Waals surface area contributed by atoms with Crippen molar-refractivity contribution in [1.29, 1.82) is 0 Å². The third-order valence-electron chi connectivity index (χ3n) is 6.82. The molecule has 4 aromatic rings. The Bertz CT molecular complexity index is 1450. The van der Waals surface area contributed by atoms with Crippen molar-refractivity contribution >= 4 is 32.4 Å². The van der Waals surface area contributed by atoms with Gasteiger partial charge in [-0.05, 0) is 66.4 Å². The quantitative estimate of drug-likeness (QED) is 0.303. The summed E-state index contributed by atoms with van der Waals surface area (Å²) in [5.74, 6) is 1.92. The summed E-state index contributed by atoms with van der Waals surface area (Å²) in [6.45, 7) is 12.0. The SMILES string of the molecule is C=C(NCCc1cc2c(c(-c3ccc(F)cc3)n1)OCC2C)c1cc(C)c2nc(N)sc2c1.CC1CC1.O. The minimum atomic E-state index is -0.266. The molecule has 6 rings (SSSR count). The molecule has 1 saturated carbocycles. The van der Waals surface area contributed by atoms with Crippen LogP contribution in [0, 0.1) is 18.7 Å². The minimum absolute atomic E-state index is 0. The van der Waals surface area contributed by atoms with Crippen LogP contribution in [0.5, 0.6) is 5.75 Å². The molecule has 0 radical (unpaired) electrons. The molecule has 200 valence electrons. The lowest BCUT2D eigenvalue weighted by atomic mass is 9.99. The number of nitrogens with two attached hydrogens (primary N) is 1. The predicted molar refractivity (Wildman–Crippen MR) is 155 cm³/mol. The van der Waals surface area contributed by atoms with Gasteiger partial charge in [0, 0.05) is 41.4 Å². The summed E-state index contributed by atoms with van der Waals surface area (Å²) in [4.78, 5) is 9.26. The molecule has 1 aliphatic carbocycles. The molecule has 0 spiro atoms. The van der Waals surface area contributed by atoms with Crippen LogP contribution in [0.3, 0.4) is 0 Å². The largest absolute Gasteiger partial charge is 0.490 e. The number of anilines is 1. The molecule has 2 aromatic carbocycles. The van der Waals surface area contributed by atoms with Gasteiger partial charge in [0.2, 0.25) is 0 Å². The smallest absolute Gasteiger partial charge is 0.181 e. The van der Waals surface area contributed by atoms with Crippen LogP contribution in [-0.4, -0.2) is 28.6 Å². The van der Waals surface area contributed by atoms with E-state index in [9.17, 15) is 4.39 Å². The molecule has 1 fully saturated rings. The maximum Gasteiger partial charge on any atom is 0.181 e. The fourth-order valence-corrected chi connectivity index (χ4v) is 5.21. The number of benzene rings is 2. The molecule has 5 N–H and O–H groups in total. The van der Waals surface area contributed by atoms with E-state index >= 15 is 0 Å². The number of fused-ring (bicyclic) bond motifs is 2. The summed E-state index contributed by atoms with van der Waals surface area (Å²) in [5, 5.41) is 4.00. The average molecular weight is 535 g/mol. The Morgan fingerprint density at radius 2 is 1.87 bits per heavy atom. The van der Waals surface area contributed by atoms with E-state index in [2.05, 4.69) is 48.9 Å². The summed E-state index contributed by atoms with van der Waals surface area (Å²) in [7, 11) is 0. The lowest BCUT2D eigenvalue weighted by Crippen LogP contribution is -2.16. The van der Waals surface area contributed by atoms with Crippen molar-refractivity contribution in [1.82, 2.24) is 15.3 Å². The lowest BCUT2D eigenvalue weighted by Gasteiger charge is -2.13. The summed E-state index contributed by atoms with van der Waals surface area (Å²) < 4.78 is 20.4. The second-order valence-corrected chi connectivity index (χ2v) is 11.2. The number of pyridine rings is 1. The fourth-order valence-electron chi connectivity index (χ4n) is 4.35. The zero-order chi connectivity index (χ0) is 26.1. The van der Waals surface area contributed by atoms with Crippen molar-refractivity contribution in [2.24, 2.45) is 5.92 Å². The van der Waals surface area contributed by atoms with E-state index in [0.717, 1.165) is 67.6 Å². The molecule has 1 atom stereocenters. The van der Waals surface area contributed by atoms with Gasteiger partial charge in [-0.2, -0.15) is 0 Å². The van der Waals surface area contributed by atoms with Crippen molar-refractivity contribution in [3.63, 3.8) is 0 Å². The van der Waals surface area contributed by atoms with Gasteiger partial charge in [-0.15, -0.1) is 0 Å². The molecular weight excluding hydrogens is 499 g/mol. The van der Waals surface area contributed by atoms with E-state index in [1.54, 1.807) is 12.1 Å². The molecule has 1 unspecified atom stereocenters. The third-order valence-corrected chi connectivity index (χ3v) is 7.65. The van der Waals surface area contributed by atoms with E-state index in [-0.39, 0.29) is 11.3 Å². The summed E-state index contributed by atoms with van der Waals surface area (Å²) in [6.07, 6.45) is 3.70. The van der Waals surface area contributed by atoms with Gasteiger partial charge in [0.25, 0.3) is 0 Å². The highest BCUT2D eigenvalue weighted by atomic mass is 32.1. The molecule has 0 saturated heterocycles. The second kappa shape index (κ2) is 11.5. The van der Waals surface area contributed by atoms with Crippen molar-refractivity contribution in [2.75, 3.05) is 18.9 Å². The van der Waals surface area contributed by atoms with E-state index in [4.69, 9.17) is 15.5 Å². The average Bonchev–Trinajstić information content (AvgIpc) is 3.42. The van der Waals surface area contributed by atoms with Gasteiger partial charge in [-0.1, -0.05) is 44.6 Å². The first-order valence-corrected chi connectivity index (χ1v) is 13.6. The minimum Gasteiger partial charge on any atom is -0.490 e. The van der Waals surface area contributed by atoms with Crippen molar-refractivity contribution in [3.8, 4) is 17.0 Å². The Morgan fingerprint density at radius 3 is 2.55 bits per heavy atom. The lowest BCUT2D eigenvalue weighted by molar-refractivity contribution is 0.337. The number of aryl methyl sites for hydroxylation is 1. The van der Waals surface area contributed by atoms with E-state index in [1.807, 2.05) is 6.92 Å². The molecule has 6 nitrogen and oxygen atoms in total. The van der Waals surface area contributed by atoms with Crippen LogP contribution < -0.4 is 15.8 Å². The van der Waals surface area contributed by atoms with Crippen LogP contribution in [0.25, 0.3) is 27.2 Å². The number of aromatic nitrogens is 2. The zero-order valence-electron chi connectivity index (χ0n) is 22.1.